The Morgan fingerprint density at radius 2 is 2.08 bits per heavy atom. The first kappa shape index (κ1) is 11.8. The average Bonchev–Trinajstić information content (AvgIpc) is 2.11. The lowest BCUT2D eigenvalue weighted by molar-refractivity contribution is -0.117. The van der Waals surface area contributed by atoms with Crippen molar-refractivity contribution in [3.63, 3.8) is 0 Å². The number of amides is 1. The van der Waals surface area contributed by atoms with E-state index in [0.717, 1.165) is 19.1 Å². The number of nitrogens with one attached hydrogen (secondary N) is 1. The summed E-state index contributed by atoms with van der Waals surface area (Å²) in [5.74, 6) is -0.335. The molecule has 13 heavy (non-hydrogen) atoms. The van der Waals surface area contributed by atoms with Gasteiger partial charge in [0.15, 0.2) is 0 Å². The molecule has 0 atom stereocenters. The number of rotatable bonds is 7. The lowest BCUT2D eigenvalue weighted by atomic mass is 10.1. The third kappa shape index (κ3) is 8.76. The van der Waals surface area contributed by atoms with E-state index < -0.39 is 0 Å². The minimum absolute atomic E-state index is 0.335. The number of nitrogens with zero attached hydrogens (tertiary/aromatic N) is 2. The van der Waals surface area contributed by atoms with E-state index in [1.807, 2.05) is 0 Å². The Bertz CT molecular complexity index is 185. The topological polar surface area (TPSA) is 65.5 Å². The molecule has 0 radical (unpaired) electrons. The molecule has 74 valence electrons. The molecule has 0 aromatic rings. The largest absolute Gasteiger partial charge is 0.361 e. The molecule has 0 aliphatic heterocycles. The van der Waals surface area contributed by atoms with Gasteiger partial charge in [-0.25, -0.2) is 0 Å². The van der Waals surface area contributed by atoms with Crippen LogP contribution in [0.1, 0.15) is 39.0 Å². The molecule has 0 saturated heterocycles. The molecule has 0 saturated carbocycles. The summed E-state index contributed by atoms with van der Waals surface area (Å²) in [6.45, 7) is 2.83. The first-order chi connectivity index (χ1) is 6.31. The van der Waals surface area contributed by atoms with Gasteiger partial charge in [0.25, 0.3) is 0 Å². The summed E-state index contributed by atoms with van der Waals surface area (Å²) in [6.07, 6.45) is 6.71. The zero-order chi connectivity index (χ0) is 9.94. The summed E-state index contributed by atoms with van der Waals surface area (Å²) in [5, 5.41) is 2.61. The second kappa shape index (κ2) is 8.94. The molecule has 0 fully saturated rings. The Labute approximate surface area is 79.0 Å². The Kier molecular flexibility index (Phi) is 8.15. The quantitative estimate of drug-likeness (QED) is 0.275. The van der Waals surface area contributed by atoms with Crippen molar-refractivity contribution in [1.29, 1.82) is 0 Å². The highest BCUT2D eigenvalue weighted by atomic mass is 16.1. The number of carbonyl (C=O) groups excluding carboxylic acids is 1. The van der Waals surface area contributed by atoms with Crippen LogP contribution in [-0.2, 0) is 4.79 Å². The molecule has 0 heterocycles. The van der Waals surface area contributed by atoms with Gasteiger partial charge in [-0.1, -0.05) is 32.6 Å². The first-order valence-electron chi connectivity index (χ1n) is 4.76. The van der Waals surface area contributed by atoms with Crippen LogP contribution < -0.4 is 5.32 Å². The third-order valence-electron chi connectivity index (χ3n) is 1.75. The molecule has 0 aliphatic carbocycles. The van der Waals surface area contributed by atoms with Crippen LogP contribution in [-0.4, -0.2) is 23.5 Å². The summed E-state index contributed by atoms with van der Waals surface area (Å²) < 4.78 is 0. The molecule has 1 amide bonds. The van der Waals surface area contributed by atoms with Crippen molar-refractivity contribution in [1.82, 2.24) is 5.32 Å². The number of hydrogen-bond acceptors (Lipinski definition) is 1. The predicted octanol–water partition coefficient (Wildman–Crippen LogP) is 1.37. The van der Waals surface area contributed by atoms with Gasteiger partial charge >= 0.3 is 12.1 Å². The van der Waals surface area contributed by atoms with Crippen LogP contribution in [0.3, 0.4) is 0 Å². The Morgan fingerprint density at radius 1 is 1.38 bits per heavy atom. The fraction of sp³-hybridized carbons (Fsp3) is 0.778. The summed E-state index contributed by atoms with van der Waals surface area (Å²) in [4.78, 5) is 13.3. The average molecular weight is 183 g/mol. The number of hydrogen-bond donors (Lipinski definition) is 1. The van der Waals surface area contributed by atoms with Gasteiger partial charge in [-0.15, -0.1) is 0 Å². The van der Waals surface area contributed by atoms with E-state index >= 15 is 0 Å². The van der Waals surface area contributed by atoms with E-state index in [1.165, 1.54) is 19.3 Å². The van der Waals surface area contributed by atoms with Crippen LogP contribution in [0.2, 0.25) is 0 Å². The standard InChI is InChI=1S/C9H17N3O/c1-2-3-4-5-6-7-11-9(13)8-12-10/h8H,2-7H2,1H3,(H,11,13). The van der Waals surface area contributed by atoms with Crippen molar-refractivity contribution in [3.8, 4) is 0 Å². The predicted molar refractivity (Wildman–Crippen MR) is 51.5 cm³/mol. The van der Waals surface area contributed by atoms with Gasteiger partial charge in [-0.2, -0.15) is 4.79 Å². The van der Waals surface area contributed by atoms with E-state index in [2.05, 4.69) is 17.0 Å². The van der Waals surface area contributed by atoms with Crippen LogP contribution in [0.5, 0.6) is 0 Å². The van der Waals surface area contributed by atoms with Gasteiger partial charge in [-0.3, -0.25) is 4.79 Å². The molecule has 0 aromatic heterocycles. The molecule has 1 N–H and O–H groups in total. The summed E-state index contributed by atoms with van der Waals surface area (Å²) >= 11 is 0. The van der Waals surface area contributed by atoms with E-state index in [9.17, 15) is 4.79 Å². The monoisotopic (exact) mass is 183 g/mol. The van der Waals surface area contributed by atoms with Gasteiger partial charge in [0.05, 0.1) is 0 Å². The second-order valence-corrected chi connectivity index (χ2v) is 2.95. The van der Waals surface area contributed by atoms with Gasteiger partial charge in [-0.05, 0) is 6.42 Å². The zero-order valence-electron chi connectivity index (χ0n) is 8.12. The van der Waals surface area contributed by atoms with E-state index in [4.69, 9.17) is 5.53 Å². The van der Waals surface area contributed by atoms with Crippen molar-refractivity contribution in [2.75, 3.05) is 6.54 Å². The summed E-state index contributed by atoms with van der Waals surface area (Å²) in [6, 6.07) is 0. The van der Waals surface area contributed by atoms with E-state index in [1.54, 1.807) is 0 Å². The lowest BCUT2D eigenvalue weighted by Crippen LogP contribution is -2.25. The first-order valence-corrected chi connectivity index (χ1v) is 4.76. The number of unbranched alkanes of at least 4 members (excludes halogenated alkanes) is 4. The molecule has 0 spiro atoms. The summed E-state index contributed by atoms with van der Waals surface area (Å²) in [7, 11) is 0. The van der Waals surface area contributed by atoms with Gasteiger partial charge < -0.3 is 10.8 Å². The third-order valence-corrected chi connectivity index (χ3v) is 1.75. The fourth-order valence-electron chi connectivity index (χ4n) is 1.04. The van der Waals surface area contributed by atoms with Gasteiger partial charge in [0, 0.05) is 6.54 Å². The lowest BCUT2D eigenvalue weighted by Gasteiger charge is -1.99. The maximum Gasteiger partial charge on any atom is 0.344 e. The Hall–Kier alpha value is -1.15. The smallest absolute Gasteiger partial charge is 0.344 e. The molecule has 4 heteroatoms. The Balaban J connectivity index is 3.16. The molecule has 4 nitrogen and oxygen atoms in total. The number of carbonyl (C=O) groups is 1. The molecular weight excluding hydrogens is 166 g/mol. The second-order valence-electron chi connectivity index (χ2n) is 2.95. The highest BCUT2D eigenvalue weighted by Gasteiger charge is 1.98. The van der Waals surface area contributed by atoms with Crippen molar-refractivity contribution >= 4 is 12.1 Å². The van der Waals surface area contributed by atoms with Crippen molar-refractivity contribution in [2.24, 2.45) is 0 Å². The maximum atomic E-state index is 10.7. The molecule has 0 rings (SSSR count). The highest BCUT2D eigenvalue weighted by molar-refractivity contribution is 6.23. The highest BCUT2D eigenvalue weighted by Crippen LogP contribution is 2.00. The minimum atomic E-state index is -0.335. The molecule has 0 bridgehead atoms. The molecule has 0 aromatic carbocycles. The molecular formula is C9H17N3O. The van der Waals surface area contributed by atoms with Crippen molar-refractivity contribution < 1.29 is 9.58 Å². The van der Waals surface area contributed by atoms with Crippen molar-refractivity contribution in [2.45, 2.75) is 39.0 Å². The maximum absolute atomic E-state index is 10.7. The molecule has 0 aliphatic rings. The van der Waals surface area contributed by atoms with E-state index in [-0.39, 0.29) is 5.91 Å². The zero-order valence-corrected chi connectivity index (χ0v) is 8.12. The SMILES string of the molecule is CCCCCCCNC(=O)C=[N+]=[N-]. The van der Waals surface area contributed by atoms with Gasteiger partial charge in [0.2, 0.25) is 0 Å². The van der Waals surface area contributed by atoms with E-state index in [0.29, 0.717) is 6.54 Å². The van der Waals surface area contributed by atoms with Gasteiger partial charge in [0.1, 0.15) is 0 Å². The van der Waals surface area contributed by atoms with Crippen LogP contribution >= 0.6 is 0 Å². The van der Waals surface area contributed by atoms with Crippen LogP contribution in [0.15, 0.2) is 0 Å². The summed E-state index contributed by atoms with van der Waals surface area (Å²) in [5.41, 5.74) is 8.02. The normalized spacial score (nSPS) is 9.00. The minimum Gasteiger partial charge on any atom is -0.361 e. The van der Waals surface area contributed by atoms with Crippen LogP contribution in [0.25, 0.3) is 5.53 Å². The Morgan fingerprint density at radius 3 is 2.69 bits per heavy atom. The molecule has 0 unspecified atom stereocenters. The van der Waals surface area contributed by atoms with Crippen LogP contribution in [0, 0.1) is 0 Å². The fourth-order valence-corrected chi connectivity index (χ4v) is 1.04. The van der Waals surface area contributed by atoms with Crippen molar-refractivity contribution in [3.05, 3.63) is 5.53 Å². The van der Waals surface area contributed by atoms with Crippen LogP contribution in [0.4, 0.5) is 0 Å².